The summed E-state index contributed by atoms with van der Waals surface area (Å²) in [6.45, 7) is 0. The predicted octanol–water partition coefficient (Wildman–Crippen LogP) is 1.17. The molecule has 1 fully saturated rings. The molecule has 0 bridgehead atoms. The van der Waals surface area contributed by atoms with Gasteiger partial charge in [0.25, 0.3) is 5.91 Å². The number of aliphatic imine (C=N–C) groups is 1. The second-order valence-corrected chi connectivity index (χ2v) is 3.64. The lowest BCUT2D eigenvalue weighted by molar-refractivity contribution is -0.133. The lowest BCUT2D eigenvalue weighted by Gasteiger charge is -2.26. The summed E-state index contributed by atoms with van der Waals surface area (Å²) in [7, 11) is 0. The third-order valence-electron chi connectivity index (χ3n) is 2.73. The molecule has 4 heteroatoms. The molecule has 1 aliphatic carbocycles. The Labute approximate surface area is 81.3 Å². The molecule has 1 aliphatic heterocycles. The first-order valence-electron chi connectivity index (χ1n) is 4.75. The van der Waals surface area contributed by atoms with E-state index in [2.05, 4.69) is 4.99 Å². The van der Waals surface area contributed by atoms with Crippen molar-refractivity contribution in [3.8, 4) is 0 Å². The Kier molecular flexibility index (Phi) is 2.19. The van der Waals surface area contributed by atoms with Crippen molar-refractivity contribution in [2.24, 2.45) is 10.9 Å². The van der Waals surface area contributed by atoms with Crippen LogP contribution in [0.1, 0.15) is 25.7 Å². The number of carbonyl (C=O) groups is 2. The molecule has 74 valence electrons. The van der Waals surface area contributed by atoms with Crippen LogP contribution >= 0.6 is 0 Å². The highest BCUT2D eigenvalue weighted by atomic mass is 16.4. The van der Waals surface area contributed by atoms with Crippen LogP contribution in [0.5, 0.6) is 0 Å². The fourth-order valence-corrected chi connectivity index (χ4v) is 2.08. The lowest BCUT2D eigenvalue weighted by atomic mass is 9.80. The highest BCUT2D eigenvalue weighted by Crippen LogP contribution is 2.30. The second-order valence-electron chi connectivity index (χ2n) is 3.64. The van der Waals surface area contributed by atoms with E-state index in [9.17, 15) is 9.59 Å². The molecule has 4 nitrogen and oxygen atoms in total. The monoisotopic (exact) mass is 193 g/mol. The average Bonchev–Trinajstić information content (AvgIpc) is 2.16. The smallest absolute Gasteiger partial charge is 0.332 e. The van der Waals surface area contributed by atoms with Crippen molar-refractivity contribution < 1.29 is 14.7 Å². The van der Waals surface area contributed by atoms with Crippen LogP contribution in [0.3, 0.4) is 0 Å². The largest absolute Gasteiger partial charge is 0.478 e. The van der Waals surface area contributed by atoms with Gasteiger partial charge in [-0.2, -0.15) is 0 Å². The molecular formula is C10H11NO3. The Bertz CT molecular complexity index is 354. The number of hydrogen-bond donors (Lipinski definition) is 1. The maximum atomic E-state index is 11.1. The molecule has 1 unspecified atom stereocenters. The van der Waals surface area contributed by atoms with E-state index in [1.54, 1.807) is 0 Å². The fraction of sp³-hybridized carbons (Fsp3) is 0.500. The van der Waals surface area contributed by atoms with Gasteiger partial charge in [-0.05, 0) is 19.3 Å². The highest BCUT2D eigenvalue weighted by molar-refractivity contribution is 6.12. The summed E-state index contributed by atoms with van der Waals surface area (Å²) in [5, 5.41) is 8.92. The standard InChI is InChI=1S/C10H11NO3/c12-9-5-7(10(13)14)6-3-1-2-4-8(6)11-9/h5-6H,1-4H2,(H,13,14). The van der Waals surface area contributed by atoms with E-state index in [1.807, 2.05) is 0 Å². The summed E-state index contributed by atoms with van der Waals surface area (Å²) in [6.07, 6.45) is 4.76. The number of aliphatic carboxylic acids is 1. The molecule has 2 rings (SSSR count). The van der Waals surface area contributed by atoms with E-state index in [-0.39, 0.29) is 11.5 Å². The number of carbonyl (C=O) groups excluding carboxylic acids is 1. The van der Waals surface area contributed by atoms with Crippen LogP contribution in [0, 0.1) is 5.92 Å². The summed E-state index contributed by atoms with van der Waals surface area (Å²) in [6, 6.07) is 0. The fourth-order valence-electron chi connectivity index (χ4n) is 2.08. The Balaban J connectivity index is 2.34. The van der Waals surface area contributed by atoms with Crippen molar-refractivity contribution in [2.75, 3.05) is 0 Å². The van der Waals surface area contributed by atoms with Crippen molar-refractivity contribution in [3.63, 3.8) is 0 Å². The van der Waals surface area contributed by atoms with Crippen LogP contribution in [-0.2, 0) is 9.59 Å². The number of carboxylic acid groups (broad SMARTS) is 1. The number of fused-ring (bicyclic) bond motifs is 1. The zero-order valence-electron chi connectivity index (χ0n) is 7.69. The van der Waals surface area contributed by atoms with Crippen molar-refractivity contribution >= 4 is 17.6 Å². The molecule has 1 saturated carbocycles. The van der Waals surface area contributed by atoms with Gasteiger partial charge in [0.1, 0.15) is 0 Å². The normalized spacial score (nSPS) is 26.3. The number of carboxylic acids is 1. The Morgan fingerprint density at radius 2 is 2.29 bits per heavy atom. The van der Waals surface area contributed by atoms with Crippen LogP contribution in [0.15, 0.2) is 16.6 Å². The Hall–Kier alpha value is -1.45. The molecule has 1 atom stereocenters. The van der Waals surface area contributed by atoms with Crippen LogP contribution in [0.4, 0.5) is 0 Å². The van der Waals surface area contributed by atoms with Gasteiger partial charge in [-0.3, -0.25) is 4.79 Å². The third-order valence-corrected chi connectivity index (χ3v) is 2.73. The third kappa shape index (κ3) is 1.47. The van der Waals surface area contributed by atoms with Gasteiger partial charge in [0.2, 0.25) is 0 Å². The van der Waals surface area contributed by atoms with Gasteiger partial charge < -0.3 is 5.11 Å². The molecule has 0 aromatic rings. The second kappa shape index (κ2) is 3.36. The summed E-state index contributed by atoms with van der Waals surface area (Å²) < 4.78 is 0. The molecule has 1 heterocycles. The van der Waals surface area contributed by atoms with Crippen LogP contribution in [-0.4, -0.2) is 22.7 Å². The van der Waals surface area contributed by atoms with Gasteiger partial charge in [0, 0.05) is 17.7 Å². The van der Waals surface area contributed by atoms with E-state index < -0.39 is 11.9 Å². The molecular weight excluding hydrogens is 182 g/mol. The number of hydrogen-bond acceptors (Lipinski definition) is 2. The van der Waals surface area contributed by atoms with E-state index in [0.717, 1.165) is 37.5 Å². The maximum absolute atomic E-state index is 11.1. The minimum absolute atomic E-state index is 0.112. The summed E-state index contributed by atoms with van der Waals surface area (Å²) in [5.74, 6) is -1.52. The van der Waals surface area contributed by atoms with Gasteiger partial charge in [0.15, 0.2) is 0 Å². The van der Waals surface area contributed by atoms with Crippen LogP contribution in [0.2, 0.25) is 0 Å². The van der Waals surface area contributed by atoms with Gasteiger partial charge in [-0.25, -0.2) is 9.79 Å². The zero-order chi connectivity index (χ0) is 10.1. The first-order chi connectivity index (χ1) is 6.68. The Morgan fingerprint density at radius 3 is 3.00 bits per heavy atom. The van der Waals surface area contributed by atoms with Crippen molar-refractivity contribution in [1.82, 2.24) is 0 Å². The first kappa shape index (κ1) is 9.12. The van der Waals surface area contributed by atoms with Crippen molar-refractivity contribution in [3.05, 3.63) is 11.6 Å². The van der Waals surface area contributed by atoms with Gasteiger partial charge >= 0.3 is 5.97 Å². The molecule has 0 radical (unpaired) electrons. The SMILES string of the molecule is O=C1C=C(C(=O)O)C2CCCCC2=N1. The molecule has 0 aromatic heterocycles. The Morgan fingerprint density at radius 1 is 1.50 bits per heavy atom. The molecule has 2 aliphatic rings. The van der Waals surface area contributed by atoms with E-state index >= 15 is 0 Å². The summed E-state index contributed by atoms with van der Waals surface area (Å²) >= 11 is 0. The molecule has 1 amide bonds. The topological polar surface area (TPSA) is 66.7 Å². The maximum Gasteiger partial charge on any atom is 0.332 e. The van der Waals surface area contributed by atoms with E-state index in [1.165, 1.54) is 0 Å². The molecule has 0 spiro atoms. The van der Waals surface area contributed by atoms with E-state index in [4.69, 9.17) is 5.11 Å². The minimum Gasteiger partial charge on any atom is -0.478 e. The lowest BCUT2D eigenvalue weighted by Crippen LogP contribution is -2.29. The zero-order valence-corrected chi connectivity index (χ0v) is 7.69. The molecule has 0 aromatic carbocycles. The number of dihydropyridines is 1. The van der Waals surface area contributed by atoms with Gasteiger partial charge in [-0.15, -0.1) is 0 Å². The quantitative estimate of drug-likeness (QED) is 0.679. The van der Waals surface area contributed by atoms with Crippen molar-refractivity contribution in [1.29, 1.82) is 0 Å². The van der Waals surface area contributed by atoms with Crippen LogP contribution < -0.4 is 0 Å². The van der Waals surface area contributed by atoms with Gasteiger partial charge in [0.05, 0.1) is 5.57 Å². The first-order valence-corrected chi connectivity index (χ1v) is 4.75. The number of nitrogens with zero attached hydrogens (tertiary/aromatic N) is 1. The van der Waals surface area contributed by atoms with Crippen LogP contribution in [0.25, 0.3) is 0 Å². The average molecular weight is 193 g/mol. The van der Waals surface area contributed by atoms with Gasteiger partial charge in [-0.1, -0.05) is 6.42 Å². The van der Waals surface area contributed by atoms with Crippen molar-refractivity contribution in [2.45, 2.75) is 25.7 Å². The molecule has 0 saturated heterocycles. The number of amides is 1. The summed E-state index contributed by atoms with van der Waals surface area (Å²) in [4.78, 5) is 25.9. The predicted molar refractivity (Wildman–Crippen MR) is 50.1 cm³/mol. The number of rotatable bonds is 1. The highest BCUT2D eigenvalue weighted by Gasteiger charge is 2.31. The van der Waals surface area contributed by atoms with E-state index in [0.29, 0.717) is 0 Å². The minimum atomic E-state index is -0.988. The molecule has 1 N–H and O–H groups in total. The summed E-state index contributed by atoms with van der Waals surface area (Å²) in [5.41, 5.74) is 0.987. The molecule has 14 heavy (non-hydrogen) atoms.